The van der Waals surface area contributed by atoms with E-state index in [-0.39, 0.29) is 0 Å². The third-order valence-corrected chi connectivity index (χ3v) is 3.76. The van der Waals surface area contributed by atoms with Gasteiger partial charge in [-0.25, -0.2) is 0 Å². The van der Waals surface area contributed by atoms with E-state index in [1.165, 1.54) is 32.1 Å². The van der Waals surface area contributed by atoms with Gasteiger partial charge in [0, 0.05) is 12.1 Å². The summed E-state index contributed by atoms with van der Waals surface area (Å²) in [4.78, 5) is 0. The molecule has 2 unspecified atom stereocenters. The summed E-state index contributed by atoms with van der Waals surface area (Å²) < 4.78 is 0. The highest BCUT2D eigenvalue weighted by Crippen LogP contribution is 2.35. The molecule has 2 saturated carbocycles. The van der Waals surface area contributed by atoms with E-state index in [2.05, 4.69) is 19.2 Å². The monoisotopic (exact) mass is 167 g/mol. The molecule has 1 heteroatoms. The van der Waals surface area contributed by atoms with Crippen molar-refractivity contribution in [3.05, 3.63) is 0 Å². The molecule has 0 radical (unpaired) electrons. The topological polar surface area (TPSA) is 12.0 Å². The van der Waals surface area contributed by atoms with Crippen LogP contribution in [0, 0.1) is 11.8 Å². The Labute approximate surface area is 75.9 Å². The summed E-state index contributed by atoms with van der Waals surface area (Å²) in [7, 11) is 0. The molecule has 2 aliphatic carbocycles. The van der Waals surface area contributed by atoms with E-state index < -0.39 is 0 Å². The predicted molar refractivity (Wildman–Crippen MR) is 52.1 cm³/mol. The van der Waals surface area contributed by atoms with Gasteiger partial charge in [0.25, 0.3) is 0 Å². The second kappa shape index (κ2) is 3.37. The lowest BCUT2D eigenvalue weighted by molar-refractivity contribution is 0.181. The van der Waals surface area contributed by atoms with Crippen LogP contribution in [0.15, 0.2) is 0 Å². The zero-order valence-corrected chi connectivity index (χ0v) is 8.34. The number of rotatable bonds is 4. The minimum Gasteiger partial charge on any atom is -0.311 e. The Bertz CT molecular complexity index is 147. The van der Waals surface area contributed by atoms with Gasteiger partial charge in [-0.1, -0.05) is 26.2 Å². The number of hydrogen-bond donors (Lipinski definition) is 1. The van der Waals surface area contributed by atoms with Crippen LogP contribution in [-0.2, 0) is 0 Å². The van der Waals surface area contributed by atoms with Crippen LogP contribution in [0.4, 0.5) is 0 Å². The van der Waals surface area contributed by atoms with Crippen molar-refractivity contribution in [3.8, 4) is 0 Å². The van der Waals surface area contributed by atoms with Crippen LogP contribution < -0.4 is 5.32 Å². The molecular weight excluding hydrogens is 146 g/mol. The Morgan fingerprint density at radius 2 is 1.75 bits per heavy atom. The Morgan fingerprint density at radius 3 is 2.17 bits per heavy atom. The highest BCUT2D eigenvalue weighted by Gasteiger charge is 2.30. The second-order valence-electron chi connectivity index (χ2n) is 4.78. The van der Waals surface area contributed by atoms with Crippen LogP contribution in [-0.4, -0.2) is 12.1 Å². The maximum atomic E-state index is 3.70. The van der Waals surface area contributed by atoms with Gasteiger partial charge in [-0.15, -0.1) is 0 Å². The van der Waals surface area contributed by atoms with E-state index in [0.29, 0.717) is 0 Å². The highest BCUT2D eigenvalue weighted by molar-refractivity contribution is 4.88. The Balaban J connectivity index is 1.72. The van der Waals surface area contributed by atoms with Gasteiger partial charge in [0.2, 0.25) is 0 Å². The van der Waals surface area contributed by atoms with Crippen molar-refractivity contribution < 1.29 is 0 Å². The fourth-order valence-corrected chi connectivity index (χ4v) is 2.15. The standard InChI is InChI=1S/C11H21N/c1-8(10-4-3-5-10)9(2)12-11-6-7-11/h8-12H,3-7H2,1-2H3. The van der Waals surface area contributed by atoms with Gasteiger partial charge < -0.3 is 5.32 Å². The Morgan fingerprint density at radius 1 is 1.08 bits per heavy atom. The summed E-state index contributed by atoms with van der Waals surface area (Å²) >= 11 is 0. The molecule has 2 fully saturated rings. The van der Waals surface area contributed by atoms with Crippen molar-refractivity contribution in [3.63, 3.8) is 0 Å². The molecule has 0 heterocycles. The fraction of sp³-hybridized carbons (Fsp3) is 1.00. The molecule has 2 aliphatic rings. The second-order valence-corrected chi connectivity index (χ2v) is 4.78. The van der Waals surface area contributed by atoms with E-state index in [1.807, 2.05) is 0 Å². The summed E-state index contributed by atoms with van der Waals surface area (Å²) in [6.45, 7) is 4.78. The van der Waals surface area contributed by atoms with Gasteiger partial charge in [-0.2, -0.15) is 0 Å². The van der Waals surface area contributed by atoms with Crippen molar-refractivity contribution in [2.24, 2.45) is 11.8 Å². The quantitative estimate of drug-likeness (QED) is 0.678. The molecule has 0 amide bonds. The Kier molecular flexibility index (Phi) is 2.40. The minimum atomic E-state index is 0.753. The molecule has 0 aromatic rings. The third-order valence-electron chi connectivity index (χ3n) is 3.76. The highest BCUT2D eigenvalue weighted by atomic mass is 15.0. The SMILES string of the molecule is CC(NC1CC1)C(C)C1CCC1. The first-order valence-electron chi connectivity index (χ1n) is 5.53. The molecule has 0 aliphatic heterocycles. The van der Waals surface area contributed by atoms with Gasteiger partial charge >= 0.3 is 0 Å². The van der Waals surface area contributed by atoms with Gasteiger partial charge in [-0.05, 0) is 31.6 Å². The molecule has 1 N–H and O–H groups in total. The fourth-order valence-electron chi connectivity index (χ4n) is 2.15. The van der Waals surface area contributed by atoms with Crippen LogP contribution in [0.3, 0.4) is 0 Å². The maximum absolute atomic E-state index is 3.70. The summed E-state index contributed by atoms with van der Waals surface area (Å²) in [6.07, 6.45) is 7.28. The molecule has 0 spiro atoms. The van der Waals surface area contributed by atoms with E-state index in [1.54, 1.807) is 0 Å². The van der Waals surface area contributed by atoms with Crippen molar-refractivity contribution in [2.75, 3.05) is 0 Å². The largest absolute Gasteiger partial charge is 0.311 e. The van der Waals surface area contributed by atoms with Crippen molar-refractivity contribution in [2.45, 2.75) is 58.0 Å². The molecule has 70 valence electrons. The van der Waals surface area contributed by atoms with Gasteiger partial charge in [0.15, 0.2) is 0 Å². The van der Waals surface area contributed by atoms with Crippen LogP contribution in [0.2, 0.25) is 0 Å². The molecular formula is C11H21N. The summed E-state index contributed by atoms with van der Waals surface area (Å²) in [5.74, 6) is 1.94. The first kappa shape index (κ1) is 8.55. The molecule has 0 aromatic heterocycles. The average molecular weight is 167 g/mol. The van der Waals surface area contributed by atoms with Crippen LogP contribution in [0.25, 0.3) is 0 Å². The molecule has 0 aromatic carbocycles. The summed E-state index contributed by atoms with van der Waals surface area (Å²) in [5, 5.41) is 3.70. The first-order valence-corrected chi connectivity index (χ1v) is 5.53. The van der Waals surface area contributed by atoms with Gasteiger partial charge in [0.1, 0.15) is 0 Å². The molecule has 2 rings (SSSR count). The maximum Gasteiger partial charge on any atom is 0.00708 e. The van der Waals surface area contributed by atoms with E-state index in [9.17, 15) is 0 Å². The molecule has 1 nitrogen and oxygen atoms in total. The zero-order valence-electron chi connectivity index (χ0n) is 8.34. The van der Waals surface area contributed by atoms with Crippen LogP contribution in [0.5, 0.6) is 0 Å². The average Bonchev–Trinajstić information content (AvgIpc) is 2.67. The van der Waals surface area contributed by atoms with Crippen molar-refractivity contribution >= 4 is 0 Å². The Hall–Kier alpha value is -0.0400. The summed E-state index contributed by atoms with van der Waals surface area (Å²) in [6, 6.07) is 1.63. The van der Waals surface area contributed by atoms with Gasteiger partial charge in [-0.3, -0.25) is 0 Å². The number of hydrogen-bond acceptors (Lipinski definition) is 1. The van der Waals surface area contributed by atoms with Crippen molar-refractivity contribution in [1.82, 2.24) is 5.32 Å². The molecule has 12 heavy (non-hydrogen) atoms. The third kappa shape index (κ3) is 1.82. The first-order chi connectivity index (χ1) is 5.77. The molecule has 2 atom stereocenters. The molecule has 0 saturated heterocycles. The lowest BCUT2D eigenvalue weighted by Gasteiger charge is -2.35. The van der Waals surface area contributed by atoms with Crippen LogP contribution in [0.1, 0.15) is 46.0 Å². The summed E-state index contributed by atoms with van der Waals surface area (Å²) in [5.41, 5.74) is 0. The van der Waals surface area contributed by atoms with E-state index >= 15 is 0 Å². The smallest absolute Gasteiger partial charge is 0.00708 e. The van der Waals surface area contributed by atoms with Crippen LogP contribution >= 0.6 is 0 Å². The lowest BCUT2D eigenvalue weighted by atomic mass is 9.74. The lowest BCUT2D eigenvalue weighted by Crippen LogP contribution is -2.39. The normalized spacial score (nSPS) is 29.5. The van der Waals surface area contributed by atoms with Gasteiger partial charge in [0.05, 0.1) is 0 Å². The number of nitrogens with one attached hydrogen (secondary N) is 1. The van der Waals surface area contributed by atoms with E-state index in [0.717, 1.165) is 23.9 Å². The minimum absolute atomic E-state index is 0.753. The molecule has 0 bridgehead atoms. The van der Waals surface area contributed by atoms with Crippen molar-refractivity contribution in [1.29, 1.82) is 0 Å². The predicted octanol–water partition coefficient (Wildman–Crippen LogP) is 2.56. The van der Waals surface area contributed by atoms with E-state index in [4.69, 9.17) is 0 Å². The zero-order chi connectivity index (χ0) is 8.55.